The van der Waals surface area contributed by atoms with E-state index in [1.807, 2.05) is 36.4 Å². The van der Waals surface area contributed by atoms with Crippen LogP contribution in [0.2, 0.25) is 0 Å². The van der Waals surface area contributed by atoms with Gasteiger partial charge in [-0.2, -0.15) is 0 Å². The first-order valence-electron chi connectivity index (χ1n) is 10.1. The molecular weight excluding hydrogens is 378 g/mol. The van der Waals surface area contributed by atoms with E-state index in [0.717, 1.165) is 22.3 Å². The summed E-state index contributed by atoms with van der Waals surface area (Å²) in [5.74, 6) is 0.198. The first-order valence-corrected chi connectivity index (χ1v) is 10.1. The summed E-state index contributed by atoms with van der Waals surface area (Å²) in [6.45, 7) is 0.406. The fourth-order valence-corrected chi connectivity index (χ4v) is 4.50. The molecule has 6 N–H and O–H groups in total. The van der Waals surface area contributed by atoms with Gasteiger partial charge in [-0.05, 0) is 72.3 Å². The number of fused-ring (bicyclic) bond motifs is 2. The molecule has 0 saturated carbocycles. The number of hydrogen-bond acceptors (Lipinski definition) is 4. The average molecular weight is 408 g/mol. The van der Waals surface area contributed by atoms with Gasteiger partial charge in [0.25, 0.3) is 11.8 Å². The van der Waals surface area contributed by atoms with Gasteiger partial charge in [0.05, 0.1) is 5.41 Å². The molecule has 0 saturated heterocycles. The summed E-state index contributed by atoms with van der Waals surface area (Å²) in [6, 6.07) is 11.4. The molecule has 0 atom stereocenters. The fraction of sp³-hybridized carbons (Fsp3) is 0.348. The number of benzene rings is 2. The van der Waals surface area contributed by atoms with Crippen LogP contribution < -0.4 is 22.1 Å². The highest BCUT2D eigenvalue weighted by Gasteiger charge is 2.42. The third-order valence-electron chi connectivity index (χ3n) is 5.97. The maximum Gasteiger partial charge on any atom is 0.251 e. The number of nitrogens with zero attached hydrogens (tertiary/aromatic N) is 1. The van der Waals surface area contributed by atoms with Crippen LogP contribution in [0.15, 0.2) is 41.4 Å². The van der Waals surface area contributed by atoms with E-state index in [9.17, 15) is 9.59 Å². The fourth-order valence-electron chi connectivity index (χ4n) is 4.50. The molecule has 2 amide bonds. The first kappa shape index (κ1) is 21.5. The number of carbonyl (C=O) groups excluding carboxylic acids is 2. The highest BCUT2D eigenvalue weighted by molar-refractivity contribution is 5.99. The summed E-state index contributed by atoms with van der Waals surface area (Å²) in [5.41, 5.74) is 17.2. The Morgan fingerprint density at radius 2 is 1.43 bits per heavy atom. The Morgan fingerprint density at radius 1 is 0.967 bits per heavy atom. The lowest BCUT2D eigenvalue weighted by atomic mass is 9.69. The molecule has 1 aliphatic carbocycles. The Labute approximate surface area is 176 Å². The molecule has 7 nitrogen and oxygen atoms in total. The summed E-state index contributed by atoms with van der Waals surface area (Å²) in [4.78, 5) is 28.8. The van der Waals surface area contributed by atoms with Gasteiger partial charge in [0.2, 0.25) is 0 Å². The van der Waals surface area contributed by atoms with E-state index in [4.69, 9.17) is 11.5 Å². The molecular formula is C23H29N5O2. The molecule has 158 valence electrons. The van der Waals surface area contributed by atoms with Crippen molar-refractivity contribution in [2.24, 2.45) is 16.5 Å². The van der Waals surface area contributed by atoms with Crippen molar-refractivity contribution in [3.05, 3.63) is 69.8 Å². The SMILES string of the molecule is CN=C(N)C1(CCN)c2ccc(C(=O)NC)cc2CCc2cc(C(=O)NC)ccc21. The average Bonchev–Trinajstić information content (AvgIpc) is 2.92. The topological polar surface area (TPSA) is 123 Å². The molecule has 30 heavy (non-hydrogen) atoms. The van der Waals surface area contributed by atoms with Crippen LogP contribution in [-0.2, 0) is 18.3 Å². The molecule has 0 fully saturated rings. The van der Waals surface area contributed by atoms with Crippen LogP contribution in [0.5, 0.6) is 0 Å². The number of aliphatic imine (C=N–C) groups is 1. The van der Waals surface area contributed by atoms with Gasteiger partial charge in [-0.3, -0.25) is 14.6 Å². The smallest absolute Gasteiger partial charge is 0.251 e. The van der Waals surface area contributed by atoms with Crippen molar-refractivity contribution in [3.63, 3.8) is 0 Å². The summed E-state index contributed by atoms with van der Waals surface area (Å²) >= 11 is 0. The van der Waals surface area contributed by atoms with Crippen LogP contribution in [0.25, 0.3) is 0 Å². The molecule has 7 heteroatoms. The number of nitrogens with two attached hydrogens (primary N) is 2. The number of aryl methyl sites for hydroxylation is 2. The minimum Gasteiger partial charge on any atom is -0.386 e. The second kappa shape index (κ2) is 8.67. The maximum absolute atomic E-state index is 12.2. The summed E-state index contributed by atoms with van der Waals surface area (Å²) < 4.78 is 0. The van der Waals surface area contributed by atoms with Gasteiger partial charge in [-0.1, -0.05) is 12.1 Å². The second-order valence-electron chi connectivity index (χ2n) is 7.45. The van der Waals surface area contributed by atoms with Gasteiger partial charge in [0.15, 0.2) is 0 Å². The zero-order valence-corrected chi connectivity index (χ0v) is 17.7. The zero-order valence-electron chi connectivity index (χ0n) is 17.7. The maximum atomic E-state index is 12.2. The van der Waals surface area contributed by atoms with Crippen LogP contribution >= 0.6 is 0 Å². The Hall–Kier alpha value is -3.19. The van der Waals surface area contributed by atoms with Gasteiger partial charge in [0, 0.05) is 32.3 Å². The predicted molar refractivity (Wildman–Crippen MR) is 119 cm³/mol. The van der Waals surface area contributed by atoms with Crippen molar-refractivity contribution in [3.8, 4) is 0 Å². The molecule has 0 aliphatic heterocycles. The van der Waals surface area contributed by atoms with Gasteiger partial charge in [-0.25, -0.2) is 0 Å². The van der Waals surface area contributed by atoms with Crippen LogP contribution in [0.1, 0.15) is 49.4 Å². The molecule has 2 aromatic rings. The quantitative estimate of drug-likeness (QED) is 0.438. The number of amides is 2. The Bertz CT molecular complexity index is 945. The minimum absolute atomic E-state index is 0.136. The Morgan fingerprint density at radius 3 is 1.80 bits per heavy atom. The Balaban J connectivity index is 2.31. The normalized spacial score (nSPS) is 14.9. The van der Waals surface area contributed by atoms with E-state index in [-0.39, 0.29) is 11.8 Å². The molecule has 0 spiro atoms. The number of rotatable bonds is 5. The van der Waals surface area contributed by atoms with E-state index in [1.54, 1.807) is 21.1 Å². The van der Waals surface area contributed by atoms with Crippen LogP contribution in [-0.4, -0.2) is 45.3 Å². The number of carbonyl (C=O) groups is 2. The third kappa shape index (κ3) is 3.45. The van der Waals surface area contributed by atoms with Gasteiger partial charge in [-0.15, -0.1) is 0 Å². The third-order valence-corrected chi connectivity index (χ3v) is 5.97. The van der Waals surface area contributed by atoms with Crippen molar-refractivity contribution < 1.29 is 9.59 Å². The van der Waals surface area contributed by atoms with Crippen LogP contribution in [0.4, 0.5) is 0 Å². The highest BCUT2D eigenvalue weighted by Crippen LogP contribution is 2.43. The van der Waals surface area contributed by atoms with Crippen LogP contribution in [0.3, 0.4) is 0 Å². The summed E-state index contributed by atoms with van der Waals surface area (Å²) in [6.07, 6.45) is 2.00. The standard InChI is InChI=1S/C23H29N5O2/c1-26-20(29)16-6-8-18-14(12-16)4-5-15-13-17(21(30)27-2)7-9-19(15)23(18,10-11-24)22(25)28-3/h6-9,12-13H,4-5,10-11,24H2,1-3H3,(H2,25,28)(H,26,29)(H,27,30). The van der Waals surface area contributed by atoms with E-state index >= 15 is 0 Å². The summed E-state index contributed by atoms with van der Waals surface area (Å²) in [5, 5.41) is 5.35. The molecule has 0 bridgehead atoms. The molecule has 0 heterocycles. The largest absolute Gasteiger partial charge is 0.386 e. The number of hydrogen-bond donors (Lipinski definition) is 4. The van der Waals surface area contributed by atoms with Crippen LogP contribution in [0, 0.1) is 0 Å². The number of amidine groups is 1. The molecule has 3 rings (SSSR count). The molecule has 0 aromatic heterocycles. The van der Waals surface area contributed by atoms with Crippen molar-refractivity contribution in [1.82, 2.24) is 10.6 Å². The summed E-state index contributed by atoms with van der Waals surface area (Å²) in [7, 11) is 4.91. The van der Waals surface area contributed by atoms with E-state index in [0.29, 0.717) is 42.8 Å². The molecule has 0 unspecified atom stereocenters. The first-order chi connectivity index (χ1) is 14.4. The highest BCUT2D eigenvalue weighted by atomic mass is 16.2. The van der Waals surface area contributed by atoms with Gasteiger partial charge < -0.3 is 22.1 Å². The van der Waals surface area contributed by atoms with Gasteiger partial charge in [0.1, 0.15) is 5.84 Å². The monoisotopic (exact) mass is 407 g/mol. The minimum atomic E-state index is -0.715. The van der Waals surface area contributed by atoms with Gasteiger partial charge >= 0.3 is 0 Å². The number of nitrogens with one attached hydrogen (secondary N) is 2. The lowest BCUT2D eigenvalue weighted by molar-refractivity contribution is 0.0955. The molecule has 0 radical (unpaired) electrons. The lowest BCUT2D eigenvalue weighted by Crippen LogP contribution is -2.45. The van der Waals surface area contributed by atoms with Crippen molar-refractivity contribution >= 4 is 17.6 Å². The van der Waals surface area contributed by atoms with Crippen molar-refractivity contribution in [1.29, 1.82) is 0 Å². The van der Waals surface area contributed by atoms with E-state index < -0.39 is 5.41 Å². The van der Waals surface area contributed by atoms with Crippen molar-refractivity contribution in [2.75, 3.05) is 27.7 Å². The molecule has 2 aromatic carbocycles. The zero-order chi connectivity index (χ0) is 21.9. The van der Waals surface area contributed by atoms with E-state index in [2.05, 4.69) is 15.6 Å². The van der Waals surface area contributed by atoms with Crippen molar-refractivity contribution in [2.45, 2.75) is 24.7 Å². The molecule has 1 aliphatic rings. The van der Waals surface area contributed by atoms with E-state index in [1.165, 1.54) is 0 Å². The Kier molecular flexibility index (Phi) is 6.22. The predicted octanol–water partition coefficient (Wildman–Crippen LogP) is 1.13. The lowest BCUT2D eigenvalue weighted by Gasteiger charge is -2.36. The second-order valence-corrected chi connectivity index (χ2v) is 7.45.